The van der Waals surface area contributed by atoms with Crippen molar-refractivity contribution in [3.05, 3.63) is 65.2 Å². The monoisotopic (exact) mass is 311 g/mol. The molecule has 0 radical (unpaired) electrons. The van der Waals surface area contributed by atoms with Crippen molar-refractivity contribution in [1.82, 2.24) is 0 Å². The molecule has 122 valence electrons. The van der Waals surface area contributed by atoms with Gasteiger partial charge in [-0.05, 0) is 49.3 Å². The summed E-state index contributed by atoms with van der Waals surface area (Å²) >= 11 is 0. The zero-order valence-corrected chi connectivity index (χ0v) is 13.9. The van der Waals surface area contributed by atoms with E-state index >= 15 is 0 Å². The van der Waals surface area contributed by atoms with Gasteiger partial charge in [-0.3, -0.25) is 0 Å². The first-order valence-electron chi connectivity index (χ1n) is 8.14. The summed E-state index contributed by atoms with van der Waals surface area (Å²) in [5.41, 5.74) is 9.14. The van der Waals surface area contributed by atoms with E-state index in [0.717, 1.165) is 24.8 Å². The molecule has 0 aliphatic carbocycles. The molecule has 2 aromatic carbocycles. The molecule has 0 amide bonds. The molecule has 1 unspecified atom stereocenters. The molecule has 0 aliphatic rings. The number of esters is 1. The molecule has 1 atom stereocenters. The summed E-state index contributed by atoms with van der Waals surface area (Å²) in [6.07, 6.45) is 3.01. The van der Waals surface area contributed by atoms with Crippen molar-refractivity contribution in [3.63, 3.8) is 0 Å². The number of hydrogen-bond acceptors (Lipinski definition) is 3. The average Bonchev–Trinajstić information content (AvgIpc) is 2.56. The van der Waals surface area contributed by atoms with Gasteiger partial charge in [-0.1, -0.05) is 49.4 Å². The quantitative estimate of drug-likeness (QED) is 0.609. The third kappa shape index (κ3) is 5.13. The van der Waals surface area contributed by atoms with E-state index in [1.54, 1.807) is 6.07 Å². The molecule has 0 aromatic heterocycles. The zero-order valence-electron chi connectivity index (χ0n) is 13.9. The van der Waals surface area contributed by atoms with Crippen LogP contribution < -0.4 is 5.73 Å². The van der Waals surface area contributed by atoms with E-state index in [1.807, 2.05) is 25.1 Å². The fourth-order valence-corrected chi connectivity index (χ4v) is 2.49. The van der Waals surface area contributed by atoms with Crippen LogP contribution in [0.15, 0.2) is 48.5 Å². The van der Waals surface area contributed by atoms with Gasteiger partial charge in [-0.2, -0.15) is 0 Å². The lowest BCUT2D eigenvalue weighted by Crippen LogP contribution is -2.12. The normalized spacial score (nSPS) is 11.9. The van der Waals surface area contributed by atoms with Crippen LogP contribution in [0.3, 0.4) is 0 Å². The molecule has 23 heavy (non-hydrogen) atoms. The lowest BCUT2D eigenvalue weighted by molar-refractivity contribution is 0.0485. The highest BCUT2D eigenvalue weighted by molar-refractivity contribution is 5.95. The van der Waals surface area contributed by atoms with E-state index in [9.17, 15) is 4.79 Å². The van der Waals surface area contributed by atoms with Crippen LogP contribution in [0.2, 0.25) is 0 Å². The summed E-state index contributed by atoms with van der Waals surface area (Å²) in [6, 6.07) is 15.9. The van der Waals surface area contributed by atoms with Crippen LogP contribution in [0, 0.1) is 12.8 Å². The molecule has 2 N–H and O–H groups in total. The Balaban J connectivity index is 1.74. The Labute approximate surface area is 138 Å². The van der Waals surface area contributed by atoms with Crippen LogP contribution in [-0.4, -0.2) is 12.6 Å². The van der Waals surface area contributed by atoms with Gasteiger partial charge in [0.15, 0.2) is 0 Å². The Kier molecular flexibility index (Phi) is 6.21. The summed E-state index contributed by atoms with van der Waals surface area (Å²) < 4.78 is 5.37. The van der Waals surface area contributed by atoms with E-state index < -0.39 is 0 Å². The van der Waals surface area contributed by atoms with E-state index in [0.29, 0.717) is 23.8 Å². The van der Waals surface area contributed by atoms with Crippen LogP contribution in [0.1, 0.15) is 41.3 Å². The van der Waals surface area contributed by atoms with Crippen LogP contribution in [0.5, 0.6) is 0 Å². The molecule has 0 fully saturated rings. The molecule has 2 rings (SSSR count). The molecule has 0 aliphatic heterocycles. The van der Waals surface area contributed by atoms with Crippen molar-refractivity contribution in [2.45, 2.75) is 33.1 Å². The third-order valence-corrected chi connectivity index (χ3v) is 4.16. The topological polar surface area (TPSA) is 52.3 Å². The number of carbonyl (C=O) groups is 1. The Morgan fingerprint density at radius 3 is 2.57 bits per heavy atom. The number of benzene rings is 2. The molecule has 0 bridgehead atoms. The van der Waals surface area contributed by atoms with Gasteiger partial charge in [0.25, 0.3) is 0 Å². The maximum Gasteiger partial charge on any atom is 0.340 e. The minimum absolute atomic E-state index is 0.332. The number of anilines is 1. The number of hydrogen-bond donors (Lipinski definition) is 1. The lowest BCUT2D eigenvalue weighted by atomic mass is 9.99. The van der Waals surface area contributed by atoms with Crippen LogP contribution in [0.25, 0.3) is 0 Å². The maximum atomic E-state index is 12.1. The van der Waals surface area contributed by atoms with Gasteiger partial charge in [0.05, 0.1) is 12.2 Å². The highest BCUT2D eigenvalue weighted by Crippen LogP contribution is 2.18. The van der Waals surface area contributed by atoms with Crippen molar-refractivity contribution in [1.29, 1.82) is 0 Å². The zero-order chi connectivity index (χ0) is 16.7. The molecule has 0 spiro atoms. The number of ether oxygens (including phenoxy) is 1. The first-order chi connectivity index (χ1) is 11.1. The van der Waals surface area contributed by atoms with Crippen molar-refractivity contribution in [2.75, 3.05) is 12.3 Å². The molecule has 0 heterocycles. The van der Waals surface area contributed by atoms with Crippen LogP contribution >= 0.6 is 0 Å². The van der Waals surface area contributed by atoms with Crippen molar-refractivity contribution < 1.29 is 9.53 Å². The number of rotatable bonds is 7. The minimum atomic E-state index is -0.332. The molecular formula is C20H25NO2. The highest BCUT2D eigenvalue weighted by atomic mass is 16.5. The number of para-hydroxylation sites is 1. The van der Waals surface area contributed by atoms with Crippen molar-refractivity contribution in [3.8, 4) is 0 Å². The Bertz CT molecular complexity index is 637. The summed E-state index contributed by atoms with van der Waals surface area (Å²) in [6.45, 7) is 4.51. The second-order valence-corrected chi connectivity index (χ2v) is 6.09. The SMILES string of the molecule is Cc1cccc(C(=O)OCCC(C)CCc2ccccc2)c1N. The number of nitrogen functional groups attached to an aromatic ring is 1. The van der Waals surface area contributed by atoms with Crippen LogP contribution in [-0.2, 0) is 11.2 Å². The second kappa shape index (κ2) is 8.37. The number of nitrogens with two attached hydrogens (primary N) is 1. The predicted octanol–water partition coefficient (Wildman–Crippen LogP) is 4.39. The fraction of sp³-hybridized carbons (Fsp3) is 0.350. The average molecular weight is 311 g/mol. The molecule has 2 aromatic rings. The predicted molar refractivity (Wildman–Crippen MR) is 94.4 cm³/mol. The summed E-state index contributed by atoms with van der Waals surface area (Å²) in [5.74, 6) is 0.180. The number of carbonyl (C=O) groups excluding carboxylic acids is 1. The Morgan fingerprint density at radius 2 is 1.83 bits per heavy atom. The second-order valence-electron chi connectivity index (χ2n) is 6.09. The maximum absolute atomic E-state index is 12.1. The minimum Gasteiger partial charge on any atom is -0.462 e. The van der Waals surface area contributed by atoms with Crippen molar-refractivity contribution in [2.24, 2.45) is 5.92 Å². The Morgan fingerprint density at radius 1 is 1.09 bits per heavy atom. The first-order valence-corrected chi connectivity index (χ1v) is 8.14. The fourth-order valence-electron chi connectivity index (χ4n) is 2.49. The Hall–Kier alpha value is -2.29. The molecule has 3 nitrogen and oxygen atoms in total. The van der Waals surface area contributed by atoms with Gasteiger partial charge in [0.2, 0.25) is 0 Å². The van der Waals surface area contributed by atoms with E-state index in [2.05, 4.69) is 31.2 Å². The van der Waals surface area contributed by atoms with Gasteiger partial charge in [0.1, 0.15) is 0 Å². The van der Waals surface area contributed by atoms with Crippen molar-refractivity contribution >= 4 is 11.7 Å². The van der Waals surface area contributed by atoms with Gasteiger partial charge < -0.3 is 10.5 Å². The number of aryl methyl sites for hydroxylation is 2. The largest absolute Gasteiger partial charge is 0.462 e. The van der Waals surface area contributed by atoms with Gasteiger partial charge in [-0.15, -0.1) is 0 Å². The van der Waals surface area contributed by atoms with Gasteiger partial charge >= 0.3 is 5.97 Å². The first kappa shape index (κ1) is 17.1. The standard InChI is InChI=1S/C20H25NO2/c1-15(11-12-17-8-4-3-5-9-17)13-14-23-20(22)18-10-6-7-16(2)19(18)21/h3-10,15H,11-14,21H2,1-2H3. The highest BCUT2D eigenvalue weighted by Gasteiger charge is 2.13. The molecule has 0 saturated heterocycles. The van der Waals surface area contributed by atoms with Gasteiger partial charge in [0, 0.05) is 5.69 Å². The van der Waals surface area contributed by atoms with E-state index in [4.69, 9.17) is 10.5 Å². The molecule has 0 saturated carbocycles. The lowest BCUT2D eigenvalue weighted by Gasteiger charge is -2.12. The molecular weight excluding hydrogens is 286 g/mol. The van der Waals surface area contributed by atoms with E-state index in [-0.39, 0.29) is 5.97 Å². The van der Waals surface area contributed by atoms with Crippen LogP contribution in [0.4, 0.5) is 5.69 Å². The third-order valence-electron chi connectivity index (χ3n) is 4.16. The van der Waals surface area contributed by atoms with E-state index in [1.165, 1.54) is 5.56 Å². The summed E-state index contributed by atoms with van der Waals surface area (Å²) in [4.78, 5) is 12.1. The smallest absolute Gasteiger partial charge is 0.340 e. The summed E-state index contributed by atoms with van der Waals surface area (Å²) in [5, 5.41) is 0. The molecule has 3 heteroatoms. The summed E-state index contributed by atoms with van der Waals surface area (Å²) in [7, 11) is 0. The van der Waals surface area contributed by atoms with Gasteiger partial charge in [-0.25, -0.2) is 4.79 Å².